The Morgan fingerprint density at radius 2 is 2.14 bits per heavy atom. The Labute approximate surface area is 85.5 Å². The minimum Gasteiger partial charge on any atom is -0.378 e. The Morgan fingerprint density at radius 1 is 1.57 bits per heavy atom. The number of nitrogens with zero attached hydrogens (tertiary/aromatic N) is 1. The second-order valence-corrected chi connectivity index (χ2v) is 3.40. The summed E-state index contributed by atoms with van der Waals surface area (Å²) in [6, 6.07) is 0.241. The number of carbonyl (C=O) groups is 1. The molecule has 0 aliphatic heterocycles. The van der Waals surface area contributed by atoms with Crippen molar-refractivity contribution in [2.75, 3.05) is 14.1 Å². The number of rotatable bonds is 5. The summed E-state index contributed by atoms with van der Waals surface area (Å²) in [5.74, 6) is -0.103. The number of likely N-dealkylation sites (N-methyl/N-ethyl adjacent to an activating group) is 1. The summed E-state index contributed by atoms with van der Waals surface area (Å²) < 4.78 is 0. The van der Waals surface area contributed by atoms with Gasteiger partial charge in [-0.05, 0) is 19.4 Å². The molecule has 0 saturated heterocycles. The molecule has 0 spiro atoms. The van der Waals surface area contributed by atoms with E-state index in [1.807, 2.05) is 13.8 Å². The van der Waals surface area contributed by atoms with Gasteiger partial charge < -0.3 is 15.6 Å². The lowest BCUT2D eigenvalue weighted by Gasteiger charge is -2.18. The van der Waals surface area contributed by atoms with Gasteiger partial charge in [-0.15, -0.1) is 0 Å². The molecule has 0 radical (unpaired) electrons. The second kappa shape index (κ2) is 6.18. The van der Waals surface area contributed by atoms with E-state index < -0.39 is 0 Å². The maximum atomic E-state index is 11.6. The van der Waals surface area contributed by atoms with Crippen LogP contribution in [-0.4, -0.2) is 37.2 Å². The molecule has 0 heterocycles. The van der Waals surface area contributed by atoms with Crippen molar-refractivity contribution in [3.8, 4) is 0 Å². The SMILES string of the molecule is CCC(C)N/C(=C\C=N)C(=O)N(C)C. The van der Waals surface area contributed by atoms with Crippen LogP contribution in [0.15, 0.2) is 11.8 Å². The van der Waals surface area contributed by atoms with E-state index in [-0.39, 0.29) is 11.9 Å². The van der Waals surface area contributed by atoms with Crippen molar-refractivity contribution in [3.05, 3.63) is 11.8 Å². The molecule has 4 heteroatoms. The summed E-state index contributed by atoms with van der Waals surface area (Å²) in [5.41, 5.74) is 0.472. The number of hydrogen-bond acceptors (Lipinski definition) is 3. The standard InChI is InChI=1S/C10H19N3O/c1-5-8(2)12-9(6-7-11)10(14)13(3)4/h6-8,11-12H,5H2,1-4H3/b9-6-,11-7?. The van der Waals surface area contributed by atoms with Crippen LogP contribution >= 0.6 is 0 Å². The monoisotopic (exact) mass is 197 g/mol. The van der Waals surface area contributed by atoms with Gasteiger partial charge in [-0.25, -0.2) is 0 Å². The highest BCUT2D eigenvalue weighted by atomic mass is 16.2. The minimum atomic E-state index is -0.103. The van der Waals surface area contributed by atoms with Crippen molar-refractivity contribution in [3.63, 3.8) is 0 Å². The smallest absolute Gasteiger partial charge is 0.269 e. The van der Waals surface area contributed by atoms with Gasteiger partial charge in [-0.2, -0.15) is 0 Å². The first-order chi connectivity index (χ1) is 6.52. The van der Waals surface area contributed by atoms with Gasteiger partial charge in [0.25, 0.3) is 5.91 Å². The van der Waals surface area contributed by atoms with Crippen LogP contribution in [0.25, 0.3) is 0 Å². The van der Waals surface area contributed by atoms with Gasteiger partial charge in [0.05, 0.1) is 0 Å². The van der Waals surface area contributed by atoms with Crippen molar-refractivity contribution < 1.29 is 4.79 Å². The third-order valence-corrected chi connectivity index (χ3v) is 1.90. The van der Waals surface area contributed by atoms with Gasteiger partial charge in [0.15, 0.2) is 0 Å². The third-order valence-electron chi connectivity index (χ3n) is 1.90. The Bertz CT molecular complexity index is 234. The molecule has 14 heavy (non-hydrogen) atoms. The highest BCUT2D eigenvalue weighted by Crippen LogP contribution is 1.98. The number of amides is 1. The van der Waals surface area contributed by atoms with Crippen molar-refractivity contribution in [2.24, 2.45) is 0 Å². The van der Waals surface area contributed by atoms with Crippen LogP contribution in [0, 0.1) is 5.41 Å². The molecule has 1 atom stereocenters. The molecule has 4 nitrogen and oxygen atoms in total. The molecule has 0 fully saturated rings. The summed E-state index contributed by atoms with van der Waals surface area (Å²) >= 11 is 0. The maximum absolute atomic E-state index is 11.6. The van der Waals surface area contributed by atoms with Crippen LogP contribution in [0.4, 0.5) is 0 Å². The average molecular weight is 197 g/mol. The predicted molar refractivity (Wildman–Crippen MR) is 58.4 cm³/mol. The summed E-state index contributed by atoms with van der Waals surface area (Å²) in [6.07, 6.45) is 3.54. The molecule has 1 amide bonds. The van der Waals surface area contributed by atoms with Crippen LogP contribution in [-0.2, 0) is 4.79 Å². The Morgan fingerprint density at radius 3 is 2.50 bits per heavy atom. The Kier molecular flexibility index (Phi) is 5.60. The Hall–Kier alpha value is -1.32. The van der Waals surface area contributed by atoms with Crippen molar-refractivity contribution in [2.45, 2.75) is 26.3 Å². The fraction of sp³-hybridized carbons (Fsp3) is 0.600. The number of hydrogen-bond donors (Lipinski definition) is 2. The number of carbonyl (C=O) groups excluding carboxylic acids is 1. The van der Waals surface area contributed by atoms with E-state index in [2.05, 4.69) is 5.32 Å². The fourth-order valence-electron chi connectivity index (χ4n) is 0.873. The highest BCUT2D eigenvalue weighted by molar-refractivity contribution is 5.96. The zero-order chi connectivity index (χ0) is 11.1. The van der Waals surface area contributed by atoms with Crippen LogP contribution in [0.1, 0.15) is 20.3 Å². The largest absolute Gasteiger partial charge is 0.378 e. The molecule has 0 aromatic carbocycles. The van der Waals surface area contributed by atoms with Gasteiger partial charge in [-0.3, -0.25) is 4.79 Å². The quantitative estimate of drug-likeness (QED) is 0.510. The fourth-order valence-corrected chi connectivity index (χ4v) is 0.873. The molecule has 0 aromatic heterocycles. The second-order valence-electron chi connectivity index (χ2n) is 3.40. The van der Waals surface area contributed by atoms with Gasteiger partial charge in [0.2, 0.25) is 0 Å². The van der Waals surface area contributed by atoms with E-state index in [9.17, 15) is 4.79 Å². The molecular formula is C10H19N3O. The summed E-state index contributed by atoms with van der Waals surface area (Å²) in [6.45, 7) is 4.04. The molecule has 80 valence electrons. The van der Waals surface area contributed by atoms with Crippen molar-refractivity contribution in [1.82, 2.24) is 10.2 Å². The summed E-state index contributed by atoms with van der Waals surface area (Å²) in [5, 5.41) is 10.0. The van der Waals surface area contributed by atoms with Gasteiger partial charge >= 0.3 is 0 Å². The first-order valence-corrected chi connectivity index (χ1v) is 4.71. The van der Waals surface area contributed by atoms with Gasteiger partial charge in [-0.1, -0.05) is 6.92 Å². The molecule has 2 N–H and O–H groups in total. The molecule has 0 bridgehead atoms. The first-order valence-electron chi connectivity index (χ1n) is 4.71. The highest BCUT2D eigenvalue weighted by Gasteiger charge is 2.12. The molecule has 0 aliphatic carbocycles. The molecule has 0 rings (SSSR count). The lowest BCUT2D eigenvalue weighted by atomic mass is 10.2. The van der Waals surface area contributed by atoms with Gasteiger partial charge in [0.1, 0.15) is 5.70 Å². The lowest BCUT2D eigenvalue weighted by molar-refractivity contribution is -0.125. The Balaban J connectivity index is 4.53. The van der Waals surface area contributed by atoms with E-state index in [1.165, 1.54) is 11.0 Å². The van der Waals surface area contributed by atoms with Crippen LogP contribution < -0.4 is 5.32 Å². The first kappa shape index (κ1) is 12.7. The van der Waals surface area contributed by atoms with Crippen molar-refractivity contribution >= 4 is 12.1 Å². The molecule has 1 unspecified atom stereocenters. The molecule has 0 saturated carbocycles. The molecular weight excluding hydrogens is 178 g/mol. The molecule has 0 aromatic rings. The van der Waals surface area contributed by atoms with E-state index in [4.69, 9.17) is 5.41 Å². The molecule has 0 aliphatic rings. The normalized spacial score (nSPS) is 13.3. The minimum absolute atomic E-state index is 0.103. The van der Waals surface area contributed by atoms with E-state index in [0.29, 0.717) is 5.70 Å². The summed E-state index contributed by atoms with van der Waals surface area (Å²) in [7, 11) is 3.39. The maximum Gasteiger partial charge on any atom is 0.269 e. The third kappa shape index (κ3) is 4.07. The zero-order valence-corrected chi connectivity index (χ0v) is 9.29. The van der Waals surface area contributed by atoms with Crippen LogP contribution in [0.5, 0.6) is 0 Å². The number of allylic oxidation sites excluding steroid dienone is 1. The topological polar surface area (TPSA) is 56.2 Å². The van der Waals surface area contributed by atoms with E-state index in [0.717, 1.165) is 12.6 Å². The average Bonchev–Trinajstić information content (AvgIpc) is 2.15. The van der Waals surface area contributed by atoms with Crippen molar-refractivity contribution in [1.29, 1.82) is 5.41 Å². The van der Waals surface area contributed by atoms with E-state index in [1.54, 1.807) is 14.1 Å². The van der Waals surface area contributed by atoms with Gasteiger partial charge in [0, 0.05) is 26.4 Å². The predicted octanol–water partition coefficient (Wildman–Crippen LogP) is 0.996. The number of nitrogens with one attached hydrogen (secondary N) is 2. The zero-order valence-electron chi connectivity index (χ0n) is 9.29. The lowest BCUT2D eigenvalue weighted by Crippen LogP contribution is -2.35. The van der Waals surface area contributed by atoms with Crippen LogP contribution in [0.2, 0.25) is 0 Å². The van der Waals surface area contributed by atoms with Crippen LogP contribution in [0.3, 0.4) is 0 Å². The van der Waals surface area contributed by atoms with E-state index >= 15 is 0 Å². The summed E-state index contributed by atoms with van der Waals surface area (Å²) in [4.78, 5) is 13.1.